The van der Waals surface area contributed by atoms with Crippen LogP contribution < -0.4 is 4.74 Å². The first-order valence-corrected chi connectivity index (χ1v) is 8.24. The van der Waals surface area contributed by atoms with Crippen LogP contribution in [0.15, 0.2) is 24.3 Å². The van der Waals surface area contributed by atoms with E-state index in [4.69, 9.17) is 9.47 Å². The first-order chi connectivity index (χ1) is 11.3. The van der Waals surface area contributed by atoms with Crippen molar-refractivity contribution in [3.8, 4) is 11.5 Å². The summed E-state index contributed by atoms with van der Waals surface area (Å²) in [6.45, 7) is 5.29. The molecule has 0 aromatic heterocycles. The van der Waals surface area contributed by atoms with Crippen molar-refractivity contribution >= 4 is 34.5 Å². The Kier molecular flexibility index (Phi) is 5.48. The van der Waals surface area contributed by atoms with Gasteiger partial charge in [0, 0.05) is 3.57 Å². The van der Waals surface area contributed by atoms with Gasteiger partial charge >= 0.3 is 11.9 Å². The fourth-order valence-corrected chi connectivity index (χ4v) is 3.02. The van der Waals surface area contributed by atoms with Gasteiger partial charge in [0.1, 0.15) is 22.6 Å². The maximum Gasteiger partial charge on any atom is 0.347 e. The van der Waals surface area contributed by atoms with Crippen molar-refractivity contribution in [1.29, 1.82) is 0 Å². The van der Waals surface area contributed by atoms with E-state index in [1.165, 1.54) is 13.2 Å². The number of halogens is 1. The van der Waals surface area contributed by atoms with Crippen LogP contribution in [0, 0.1) is 24.3 Å². The number of esters is 2. The lowest BCUT2D eigenvalue weighted by Gasteiger charge is -2.14. The predicted octanol–water partition coefficient (Wildman–Crippen LogP) is 3.93. The van der Waals surface area contributed by atoms with Crippen molar-refractivity contribution in [2.24, 2.45) is 0 Å². The van der Waals surface area contributed by atoms with Crippen molar-refractivity contribution in [3.05, 3.63) is 55.7 Å². The van der Waals surface area contributed by atoms with Crippen LogP contribution in [0.3, 0.4) is 0 Å². The van der Waals surface area contributed by atoms with Crippen molar-refractivity contribution < 1.29 is 24.2 Å². The lowest BCUT2D eigenvalue weighted by Crippen LogP contribution is -2.14. The number of hydrogen-bond donors (Lipinski definition) is 1. The first-order valence-electron chi connectivity index (χ1n) is 7.16. The maximum atomic E-state index is 12.5. The lowest BCUT2D eigenvalue weighted by molar-refractivity contribution is 0.0592. The van der Waals surface area contributed by atoms with Gasteiger partial charge in [-0.2, -0.15) is 0 Å². The van der Waals surface area contributed by atoms with Crippen molar-refractivity contribution in [3.63, 3.8) is 0 Å². The monoisotopic (exact) mass is 440 g/mol. The van der Waals surface area contributed by atoms with Crippen LogP contribution in [0.5, 0.6) is 11.5 Å². The molecule has 0 saturated heterocycles. The molecule has 6 heteroatoms. The number of aromatic hydroxyl groups is 1. The molecule has 0 heterocycles. The topological polar surface area (TPSA) is 72.8 Å². The Morgan fingerprint density at radius 1 is 1.00 bits per heavy atom. The molecule has 24 heavy (non-hydrogen) atoms. The number of methoxy groups -OCH3 is 1. The molecule has 2 aromatic carbocycles. The number of hydrogen-bond acceptors (Lipinski definition) is 5. The van der Waals surface area contributed by atoms with Crippen LogP contribution in [0.4, 0.5) is 0 Å². The molecule has 5 nitrogen and oxygen atoms in total. The maximum absolute atomic E-state index is 12.5. The van der Waals surface area contributed by atoms with Gasteiger partial charge < -0.3 is 14.6 Å². The molecule has 0 aliphatic carbocycles. The molecule has 1 N–H and O–H groups in total. The summed E-state index contributed by atoms with van der Waals surface area (Å²) < 4.78 is 11.0. The van der Waals surface area contributed by atoms with Crippen LogP contribution in [0.2, 0.25) is 0 Å². The van der Waals surface area contributed by atoms with Crippen LogP contribution in [0.25, 0.3) is 0 Å². The third kappa shape index (κ3) is 3.53. The molecule has 0 fully saturated rings. The molecule has 0 aliphatic rings. The minimum Gasteiger partial charge on any atom is -0.507 e. The van der Waals surface area contributed by atoms with Gasteiger partial charge in [0.15, 0.2) is 0 Å². The molecule has 0 bridgehead atoms. The summed E-state index contributed by atoms with van der Waals surface area (Å²) >= 11 is 2.07. The third-order valence-electron chi connectivity index (χ3n) is 3.76. The summed E-state index contributed by atoms with van der Waals surface area (Å²) in [6.07, 6.45) is 0. The standard InChI is InChI=1S/C18H17IO5/c1-9-5-6-13(15(20)11(9)3)18(22)24-16-10(2)7-12(19)8-14(16)17(21)23-4/h5-8,20H,1-4H3. The van der Waals surface area contributed by atoms with Gasteiger partial charge in [-0.3, -0.25) is 0 Å². The van der Waals surface area contributed by atoms with Crippen molar-refractivity contribution in [2.45, 2.75) is 20.8 Å². The summed E-state index contributed by atoms with van der Waals surface area (Å²) in [4.78, 5) is 24.4. The summed E-state index contributed by atoms with van der Waals surface area (Å²) in [5.41, 5.74) is 2.31. The average molecular weight is 440 g/mol. The second-order valence-corrected chi connectivity index (χ2v) is 6.63. The number of benzene rings is 2. The Hall–Kier alpha value is -2.09. The number of rotatable bonds is 3. The Bertz CT molecular complexity index is 827. The zero-order valence-electron chi connectivity index (χ0n) is 13.8. The molecule has 0 radical (unpaired) electrons. The van der Waals surface area contributed by atoms with Gasteiger partial charge in [0.2, 0.25) is 0 Å². The number of phenolic OH excluding ortho intramolecular Hbond substituents is 1. The van der Waals surface area contributed by atoms with Gasteiger partial charge in [-0.1, -0.05) is 6.07 Å². The van der Waals surface area contributed by atoms with Gasteiger partial charge in [-0.05, 0) is 78.3 Å². The highest BCUT2D eigenvalue weighted by atomic mass is 127. The summed E-state index contributed by atoms with van der Waals surface area (Å²) in [6, 6.07) is 6.60. The summed E-state index contributed by atoms with van der Waals surface area (Å²) in [5.74, 6) is -1.32. The number of carbonyl (C=O) groups excluding carboxylic acids is 2. The highest BCUT2D eigenvalue weighted by Gasteiger charge is 2.22. The Morgan fingerprint density at radius 2 is 1.67 bits per heavy atom. The van der Waals surface area contributed by atoms with E-state index in [9.17, 15) is 14.7 Å². The molecule has 0 unspecified atom stereocenters. The SMILES string of the molecule is COC(=O)c1cc(I)cc(C)c1OC(=O)c1ccc(C)c(C)c1O. The molecule has 2 rings (SSSR count). The molecule has 0 atom stereocenters. The molecular weight excluding hydrogens is 423 g/mol. The molecule has 0 saturated carbocycles. The molecule has 126 valence electrons. The number of phenols is 1. The van der Waals surface area contributed by atoms with E-state index in [1.54, 1.807) is 32.0 Å². The summed E-state index contributed by atoms with van der Waals surface area (Å²) in [7, 11) is 1.26. The first kappa shape index (κ1) is 18.3. The lowest BCUT2D eigenvalue weighted by atomic mass is 10.0. The molecule has 0 aliphatic heterocycles. The van der Waals surface area contributed by atoms with Crippen LogP contribution in [-0.2, 0) is 4.74 Å². The van der Waals surface area contributed by atoms with E-state index in [0.29, 0.717) is 11.1 Å². The molecule has 2 aromatic rings. The van der Waals surface area contributed by atoms with E-state index >= 15 is 0 Å². The summed E-state index contributed by atoms with van der Waals surface area (Å²) in [5, 5.41) is 10.2. The predicted molar refractivity (Wildman–Crippen MR) is 97.8 cm³/mol. The van der Waals surface area contributed by atoms with E-state index in [0.717, 1.165) is 9.13 Å². The van der Waals surface area contributed by atoms with Gasteiger partial charge in [-0.15, -0.1) is 0 Å². The average Bonchev–Trinajstić information content (AvgIpc) is 2.54. The normalized spacial score (nSPS) is 10.4. The second kappa shape index (κ2) is 7.21. The highest BCUT2D eigenvalue weighted by Crippen LogP contribution is 2.30. The van der Waals surface area contributed by atoms with Gasteiger partial charge in [-0.25, -0.2) is 9.59 Å². The van der Waals surface area contributed by atoms with Gasteiger partial charge in [0.05, 0.1) is 7.11 Å². The minimum absolute atomic E-state index is 0.0480. The highest BCUT2D eigenvalue weighted by molar-refractivity contribution is 14.1. The van der Waals surface area contributed by atoms with Crippen molar-refractivity contribution in [1.82, 2.24) is 0 Å². The van der Waals surface area contributed by atoms with E-state index in [2.05, 4.69) is 22.6 Å². The van der Waals surface area contributed by atoms with Gasteiger partial charge in [0.25, 0.3) is 0 Å². The molecular formula is C18H17IO5. The fraction of sp³-hybridized carbons (Fsp3) is 0.222. The van der Waals surface area contributed by atoms with Crippen LogP contribution in [-0.4, -0.2) is 24.2 Å². The van der Waals surface area contributed by atoms with E-state index in [-0.39, 0.29) is 22.6 Å². The minimum atomic E-state index is -0.731. The Labute approximate surface area is 153 Å². The number of aryl methyl sites for hydroxylation is 2. The number of carbonyl (C=O) groups is 2. The Balaban J connectivity index is 2.47. The number of ether oxygens (including phenoxy) is 2. The molecule has 0 amide bonds. The van der Waals surface area contributed by atoms with Crippen molar-refractivity contribution in [2.75, 3.05) is 7.11 Å². The smallest absolute Gasteiger partial charge is 0.347 e. The zero-order chi connectivity index (χ0) is 18.0. The third-order valence-corrected chi connectivity index (χ3v) is 4.38. The quantitative estimate of drug-likeness (QED) is 0.445. The fourth-order valence-electron chi connectivity index (χ4n) is 2.24. The second-order valence-electron chi connectivity index (χ2n) is 5.38. The zero-order valence-corrected chi connectivity index (χ0v) is 15.9. The Morgan fingerprint density at radius 3 is 2.29 bits per heavy atom. The molecule has 0 spiro atoms. The van der Waals surface area contributed by atoms with E-state index in [1.807, 2.05) is 6.92 Å². The van der Waals surface area contributed by atoms with Crippen LogP contribution in [0.1, 0.15) is 37.4 Å². The van der Waals surface area contributed by atoms with E-state index < -0.39 is 11.9 Å². The largest absolute Gasteiger partial charge is 0.507 e. The van der Waals surface area contributed by atoms with Crippen LogP contribution >= 0.6 is 22.6 Å².